The van der Waals surface area contributed by atoms with Gasteiger partial charge in [-0.05, 0) is 6.07 Å². The maximum Gasteiger partial charge on any atom is 0.492 e. The number of rotatable bonds is 1. The van der Waals surface area contributed by atoms with Gasteiger partial charge in [-0.2, -0.15) is 0 Å². The normalized spacial score (nSPS) is 10.7. The molecule has 0 radical (unpaired) electrons. The van der Waals surface area contributed by atoms with Crippen LogP contribution in [0.2, 0.25) is 5.15 Å². The van der Waals surface area contributed by atoms with Crippen molar-refractivity contribution >= 4 is 29.8 Å². The van der Waals surface area contributed by atoms with Gasteiger partial charge in [0.1, 0.15) is 10.8 Å². The van der Waals surface area contributed by atoms with Gasteiger partial charge in [0.05, 0.1) is 6.20 Å². The minimum absolute atomic E-state index is 0.342. The third-order valence-corrected chi connectivity index (χ3v) is 2.08. The molecule has 0 aromatic carbocycles. The summed E-state index contributed by atoms with van der Waals surface area (Å²) in [5.41, 5.74) is 0.803. The summed E-state index contributed by atoms with van der Waals surface area (Å²) in [5, 5.41) is 18.4. The van der Waals surface area contributed by atoms with E-state index in [1.807, 2.05) is 0 Å². The Hall–Kier alpha value is -1.04. The van der Waals surface area contributed by atoms with Gasteiger partial charge >= 0.3 is 7.12 Å². The average Bonchev–Trinajstić information content (AvgIpc) is 2.48. The molecular weight excluding hydrogens is 190 g/mol. The van der Waals surface area contributed by atoms with Crippen LogP contribution in [0.5, 0.6) is 0 Å². The van der Waals surface area contributed by atoms with Crippen molar-refractivity contribution in [2.24, 2.45) is 0 Å². The van der Waals surface area contributed by atoms with Crippen LogP contribution in [0, 0.1) is 0 Å². The molecule has 0 fully saturated rings. The van der Waals surface area contributed by atoms with Crippen LogP contribution in [-0.4, -0.2) is 26.6 Å². The second-order valence-electron chi connectivity index (χ2n) is 2.61. The summed E-state index contributed by atoms with van der Waals surface area (Å²) in [4.78, 5) is 3.95. The van der Waals surface area contributed by atoms with Crippen molar-refractivity contribution in [3.8, 4) is 0 Å². The first-order valence-corrected chi connectivity index (χ1v) is 4.05. The van der Waals surface area contributed by atoms with Crippen molar-refractivity contribution in [1.82, 2.24) is 9.38 Å². The highest BCUT2D eigenvalue weighted by Crippen LogP contribution is 2.09. The number of hydrogen-bond acceptors (Lipinski definition) is 3. The summed E-state index contributed by atoms with van der Waals surface area (Å²) in [6.07, 6.45) is 3.17. The van der Waals surface area contributed by atoms with Crippen LogP contribution in [0.15, 0.2) is 24.5 Å². The van der Waals surface area contributed by atoms with Crippen LogP contribution in [0.3, 0.4) is 0 Å². The Morgan fingerprint density at radius 1 is 1.46 bits per heavy atom. The molecule has 2 rings (SSSR count). The van der Waals surface area contributed by atoms with E-state index in [0.29, 0.717) is 16.3 Å². The van der Waals surface area contributed by atoms with Crippen LogP contribution in [0.1, 0.15) is 0 Å². The molecule has 0 spiro atoms. The smallest absolute Gasteiger partial charge is 0.423 e. The first kappa shape index (κ1) is 8.56. The molecule has 0 aliphatic carbocycles. The lowest BCUT2D eigenvalue weighted by Crippen LogP contribution is -2.31. The largest absolute Gasteiger partial charge is 0.492 e. The quantitative estimate of drug-likeness (QED) is 0.614. The monoisotopic (exact) mass is 196 g/mol. The van der Waals surface area contributed by atoms with E-state index < -0.39 is 7.12 Å². The second kappa shape index (κ2) is 3.03. The van der Waals surface area contributed by atoms with E-state index >= 15 is 0 Å². The number of imidazole rings is 1. The zero-order valence-electron chi connectivity index (χ0n) is 6.55. The Kier molecular flexibility index (Phi) is 1.99. The van der Waals surface area contributed by atoms with Crippen LogP contribution >= 0.6 is 11.6 Å². The van der Waals surface area contributed by atoms with Gasteiger partial charge in [-0.1, -0.05) is 17.7 Å². The zero-order chi connectivity index (χ0) is 9.42. The molecule has 0 bridgehead atoms. The topological polar surface area (TPSA) is 57.8 Å². The van der Waals surface area contributed by atoms with Crippen molar-refractivity contribution in [2.45, 2.75) is 0 Å². The lowest BCUT2D eigenvalue weighted by Gasteiger charge is -2.01. The van der Waals surface area contributed by atoms with Crippen molar-refractivity contribution in [3.63, 3.8) is 0 Å². The predicted octanol–water partition coefficient (Wildman–Crippen LogP) is -0.333. The minimum atomic E-state index is -1.53. The fraction of sp³-hybridized carbons (Fsp3) is 0. The molecule has 0 aliphatic rings. The van der Waals surface area contributed by atoms with Gasteiger partial charge in [-0.15, -0.1) is 0 Å². The van der Waals surface area contributed by atoms with E-state index in [2.05, 4.69) is 4.98 Å². The van der Waals surface area contributed by atoms with Crippen LogP contribution in [0.4, 0.5) is 0 Å². The molecule has 0 saturated heterocycles. The van der Waals surface area contributed by atoms with Crippen molar-refractivity contribution in [2.75, 3.05) is 0 Å². The Bertz CT molecular complexity index is 443. The van der Waals surface area contributed by atoms with E-state index in [1.165, 1.54) is 6.20 Å². The standard InChI is InChI=1S/C7H6BClN2O2/c9-6-4-10-7-5(8(12)13)2-1-3-11(6)7/h1-4,12-13H. The summed E-state index contributed by atoms with van der Waals surface area (Å²) < 4.78 is 1.58. The number of hydrogen-bond donors (Lipinski definition) is 2. The molecule has 66 valence electrons. The SMILES string of the molecule is OB(O)c1cccn2c(Cl)cnc12. The van der Waals surface area contributed by atoms with Gasteiger partial charge in [0.15, 0.2) is 0 Å². The fourth-order valence-corrected chi connectivity index (χ4v) is 1.39. The highest BCUT2D eigenvalue weighted by Gasteiger charge is 2.16. The zero-order valence-corrected chi connectivity index (χ0v) is 7.31. The van der Waals surface area contributed by atoms with Gasteiger partial charge in [0.25, 0.3) is 0 Å². The number of aromatic nitrogens is 2. The third-order valence-electron chi connectivity index (χ3n) is 1.80. The van der Waals surface area contributed by atoms with E-state index in [0.717, 1.165) is 0 Å². The third kappa shape index (κ3) is 1.31. The van der Waals surface area contributed by atoms with Crippen LogP contribution in [0.25, 0.3) is 5.65 Å². The van der Waals surface area contributed by atoms with Crippen molar-refractivity contribution in [1.29, 1.82) is 0 Å². The van der Waals surface area contributed by atoms with Gasteiger partial charge < -0.3 is 10.0 Å². The lowest BCUT2D eigenvalue weighted by molar-refractivity contribution is 0.426. The summed E-state index contributed by atoms with van der Waals surface area (Å²) in [6, 6.07) is 3.26. The van der Waals surface area contributed by atoms with Crippen LogP contribution < -0.4 is 5.46 Å². The summed E-state index contributed by atoms with van der Waals surface area (Å²) in [5.74, 6) is 0. The summed E-state index contributed by atoms with van der Waals surface area (Å²) >= 11 is 5.79. The molecule has 0 atom stereocenters. The molecule has 0 amide bonds. The molecule has 2 aromatic rings. The Labute approximate surface area is 79.6 Å². The van der Waals surface area contributed by atoms with E-state index in [1.54, 1.807) is 22.7 Å². The molecule has 0 unspecified atom stereocenters. The minimum Gasteiger partial charge on any atom is -0.423 e. The van der Waals surface area contributed by atoms with E-state index in [4.69, 9.17) is 21.6 Å². The Morgan fingerprint density at radius 2 is 2.23 bits per heavy atom. The highest BCUT2D eigenvalue weighted by molar-refractivity contribution is 6.60. The molecule has 0 saturated carbocycles. The maximum absolute atomic E-state index is 8.99. The first-order valence-electron chi connectivity index (χ1n) is 3.68. The molecule has 6 heteroatoms. The molecule has 2 aromatic heterocycles. The lowest BCUT2D eigenvalue weighted by atomic mass is 9.81. The fourth-order valence-electron chi connectivity index (χ4n) is 1.20. The maximum atomic E-state index is 8.99. The summed E-state index contributed by atoms with van der Waals surface area (Å²) in [7, 11) is -1.53. The first-order chi connectivity index (χ1) is 6.20. The molecular formula is C7H6BClN2O2. The molecule has 13 heavy (non-hydrogen) atoms. The molecule has 2 heterocycles. The van der Waals surface area contributed by atoms with Gasteiger partial charge in [-0.25, -0.2) is 4.98 Å². The summed E-state index contributed by atoms with van der Waals surface area (Å²) in [6.45, 7) is 0. The molecule has 2 N–H and O–H groups in total. The highest BCUT2D eigenvalue weighted by atomic mass is 35.5. The van der Waals surface area contributed by atoms with Gasteiger partial charge in [0, 0.05) is 11.7 Å². The number of halogens is 1. The van der Waals surface area contributed by atoms with E-state index in [-0.39, 0.29) is 0 Å². The van der Waals surface area contributed by atoms with Gasteiger partial charge in [-0.3, -0.25) is 4.40 Å². The van der Waals surface area contributed by atoms with E-state index in [9.17, 15) is 0 Å². The molecule has 0 aliphatic heterocycles. The Morgan fingerprint density at radius 3 is 2.92 bits per heavy atom. The number of pyridine rings is 1. The Balaban J connectivity index is 2.77. The predicted molar refractivity (Wildman–Crippen MR) is 50.0 cm³/mol. The average molecular weight is 196 g/mol. The van der Waals surface area contributed by atoms with Crippen molar-refractivity contribution in [3.05, 3.63) is 29.7 Å². The molecule has 4 nitrogen and oxygen atoms in total. The van der Waals surface area contributed by atoms with Crippen LogP contribution in [-0.2, 0) is 0 Å². The second-order valence-corrected chi connectivity index (χ2v) is 3.00. The van der Waals surface area contributed by atoms with Gasteiger partial charge in [0.2, 0.25) is 0 Å². The number of nitrogens with zero attached hydrogens (tertiary/aromatic N) is 2. The van der Waals surface area contributed by atoms with Crippen molar-refractivity contribution < 1.29 is 10.0 Å². The number of fused-ring (bicyclic) bond motifs is 1.